The monoisotopic (exact) mass is 372 g/mol. The van der Waals surface area contributed by atoms with E-state index < -0.39 is 11.3 Å². The number of hydrogen-bond donors (Lipinski definition) is 2. The van der Waals surface area contributed by atoms with Crippen molar-refractivity contribution in [3.8, 4) is 5.75 Å². The lowest BCUT2D eigenvalue weighted by Crippen LogP contribution is -2.38. The van der Waals surface area contributed by atoms with Gasteiger partial charge in [0.05, 0.1) is 5.41 Å². The molecule has 0 unspecified atom stereocenters. The molecule has 1 fully saturated rings. The minimum Gasteiger partial charge on any atom is -0.484 e. The Hall–Kier alpha value is -2.53. The number of nitrogens with one attached hydrogen (secondary N) is 1. The second kappa shape index (κ2) is 7.79. The van der Waals surface area contributed by atoms with Crippen LogP contribution >= 0.6 is 11.6 Å². The van der Waals surface area contributed by atoms with Gasteiger partial charge in [0.25, 0.3) is 5.91 Å². The van der Waals surface area contributed by atoms with Gasteiger partial charge in [-0.05, 0) is 48.7 Å². The molecule has 1 saturated carbocycles. The molecule has 2 amide bonds. The van der Waals surface area contributed by atoms with Crippen LogP contribution in [-0.2, 0) is 15.0 Å². The van der Waals surface area contributed by atoms with Crippen molar-refractivity contribution in [2.24, 2.45) is 5.73 Å². The van der Waals surface area contributed by atoms with Crippen LogP contribution in [-0.4, -0.2) is 18.4 Å². The number of benzene rings is 2. The fourth-order valence-corrected chi connectivity index (χ4v) is 3.80. The molecule has 0 bridgehead atoms. The summed E-state index contributed by atoms with van der Waals surface area (Å²) in [5, 5.41) is 3.62. The molecule has 0 saturated heterocycles. The number of anilines is 1. The molecule has 2 aromatic carbocycles. The van der Waals surface area contributed by atoms with E-state index >= 15 is 0 Å². The first-order chi connectivity index (χ1) is 12.5. The second-order valence-electron chi connectivity index (χ2n) is 6.50. The predicted octanol–water partition coefficient (Wildman–Crippen LogP) is 3.65. The van der Waals surface area contributed by atoms with E-state index in [-0.39, 0.29) is 12.5 Å². The van der Waals surface area contributed by atoms with Gasteiger partial charge in [-0.15, -0.1) is 0 Å². The van der Waals surface area contributed by atoms with Gasteiger partial charge >= 0.3 is 0 Å². The van der Waals surface area contributed by atoms with Gasteiger partial charge < -0.3 is 15.8 Å². The maximum Gasteiger partial charge on any atom is 0.255 e. The SMILES string of the molecule is NC(=O)COc1ccc(NC(=O)C2(c3ccccc3Cl)CCCC2)cc1. The van der Waals surface area contributed by atoms with Crippen LogP contribution < -0.4 is 15.8 Å². The summed E-state index contributed by atoms with van der Waals surface area (Å²) in [7, 11) is 0. The summed E-state index contributed by atoms with van der Waals surface area (Å²) in [6, 6.07) is 14.4. The molecular formula is C20H21ClN2O3. The maximum absolute atomic E-state index is 13.1. The molecule has 1 aliphatic rings. The normalized spacial score (nSPS) is 15.4. The summed E-state index contributed by atoms with van der Waals surface area (Å²) in [6.45, 7) is -0.179. The minimum atomic E-state index is -0.598. The predicted molar refractivity (Wildman–Crippen MR) is 101 cm³/mol. The van der Waals surface area contributed by atoms with Crippen molar-refractivity contribution < 1.29 is 14.3 Å². The van der Waals surface area contributed by atoms with E-state index in [0.717, 1.165) is 31.2 Å². The van der Waals surface area contributed by atoms with E-state index in [2.05, 4.69) is 5.32 Å². The van der Waals surface area contributed by atoms with Crippen molar-refractivity contribution in [2.45, 2.75) is 31.1 Å². The Labute approximate surface area is 157 Å². The van der Waals surface area contributed by atoms with Gasteiger partial charge in [0.1, 0.15) is 5.75 Å². The van der Waals surface area contributed by atoms with Crippen molar-refractivity contribution in [1.82, 2.24) is 0 Å². The van der Waals surface area contributed by atoms with Gasteiger partial charge in [-0.3, -0.25) is 9.59 Å². The van der Waals surface area contributed by atoms with Crippen LogP contribution in [0.4, 0.5) is 5.69 Å². The van der Waals surface area contributed by atoms with E-state index in [9.17, 15) is 9.59 Å². The first-order valence-electron chi connectivity index (χ1n) is 8.59. The average Bonchev–Trinajstić information content (AvgIpc) is 3.12. The van der Waals surface area contributed by atoms with E-state index in [1.165, 1.54) is 0 Å². The molecule has 3 rings (SSSR count). The van der Waals surface area contributed by atoms with Crippen LogP contribution in [0.5, 0.6) is 5.75 Å². The lowest BCUT2D eigenvalue weighted by Gasteiger charge is -2.29. The fourth-order valence-electron chi connectivity index (χ4n) is 3.49. The highest BCUT2D eigenvalue weighted by molar-refractivity contribution is 6.31. The summed E-state index contributed by atoms with van der Waals surface area (Å²) < 4.78 is 5.23. The molecule has 26 heavy (non-hydrogen) atoms. The van der Waals surface area contributed by atoms with Gasteiger partial charge in [0.2, 0.25) is 5.91 Å². The zero-order valence-corrected chi connectivity index (χ0v) is 15.1. The van der Waals surface area contributed by atoms with E-state index in [4.69, 9.17) is 22.1 Å². The number of ether oxygens (including phenoxy) is 1. The summed E-state index contributed by atoms with van der Waals surface area (Å²) in [4.78, 5) is 23.9. The van der Waals surface area contributed by atoms with Gasteiger partial charge in [0, 0.05) is 10.7 Å². The molecule has 1 aliphatic carbocycles. The molecular weight excluding hydrogens is 352 g/mol. The van der Waals surface area contributed by atoms with Crippen LogP contribution in [0.2, 0.25) is 5.02 Å². The highest BCUT2D eigenvalue weighted by Crippen LogP contribution is 2.44. The third-order valence-corrected chi connectivity index (χ3v) is 5.10. The quantitative estimate of drug-likeness (QED) is 0.811. The number of rotatable bonds is 6. The van der Waals surface area contributed by atoms with Crippen molar-refractivity contribution in [3.05, 3.63) is 59.1 Å². The van der Waals surface area contributed by atoms with Gasteiger partial charge in [-0.2, -0.15) is 0 Å². The number of amides is 2. The first kappa shape index (κ1) is 18.3. The summed E-state index contributed by atoms with van der Waals surface area (Å²) >= 11 is 6.39. The number of carbonyl (C=O) groups is 2. The number of halogens is 1. The molecule has 136 valence electrons. The Bertz CT molecular complexity index is 799. The Balaban J connectivity index is 1.77. The van der Waals surface area contributed by atoms with Crippen LogP contribution in [0, 0.1) is 0 Å². The zero-order chi connectivity index (χ0) is 18.6. The number of hydrogen-bond acceptors (Lipinski definition) is 3. The van der Waals surface area contributed by atoms with Crippen molar-refractivity contribution in [1.29, 1.82) is 0 Å². The molecule has 0 spiro atoms. The highest BCUT2D eigenvalue weighted by Gasteiger charge is 2.43. The van der Waals surface area contributed by atoms with Crippen LogP contribution in [0.1, 0.15) is 31.2 Å². The Morgan fingerprint density at radius 1 is 1.08 bits per heavy atom. The molecule has 0 radical (unpaired) electrons. The number of carbonyl (C=O) groups excluding carboxylic acids is 2. The molecule has 5 nitrogen and oxygen atoms in total. The van der Waals surface area contributed by atoms with Gasteiger partial charge in [0.15, 0.2) is 6.61 Å². The Morgan fingerprint density at radius 3 is 2.35 bits per heavy atom. The van der Waals surface area contributed by atoms with Crippen LogP contribution in [0.25, 0.3) is 0 Å². The lowest BCUT2D eigenvalue weighted by atomic mass is 9.78. The summed E-state index contributed by atoms with van der Waals surface area (Å²) in [5.74, 6) is -0.0670. The average molecular weight is 373 g/mol. The van der Waals surface area contributed by atoms with E-state index in [0.29, 0.717) is 16.5 Å². The minimum absolute atomic E-state index is 0.0473. The Morgan fingerprint density at radius 2 is 1.73 bits per heavy atom. The number of primary amides is 1. The largest absolute Gasteiger partial charge is 0.484 e. The third-order valence-electron chi connectivity index (χ3n) is 4.77. The number of nitrogens with two attached hydrogens (primary N) is 1. The van der Waals surface area contributed by atoms with Gasteiger partial charge in [-0.1, -0.05) is 42.6 Å². The molecule has 0 heterocycles. The first-order valence-corrected chi connectivity index (χ1v) is 8.97. The molecule has 0 aliphatic heterocycles. The maximum atomic E-state index is 13.1. The Kier molecular flexibility index (Phi) is 5.47. The highest BCUT2D eigenvalue weighted by atomic mass is 35.5. The smallest absolute Gasteiger partial charge is 0.255 e. The van der Waals surface area contributed by atoms with Gasteiger partial charge in [-0.25, -0.2) is 0 Å². The molecule has 3 N–H and O–H groups in total. The van der Waals surface area contributed by atoms with Crippen molar-refractivity contribution >= 4 is 29.1 Å². The molecule has 2 aromatic rings. The molecule has 6 heteroatoms. The lowest BCUT2D eigenvalue weighted by molar-refractivity contribution is -0.121. The molecule has 0 aromatic heterocycles. The van der Waals surface area contributed by atoms with Crippen molar-refractivity contribution in [3.63, 3.8) is 0 Å². The summed E-state index contributed by atoms with van der Waals surface area (Å²) in [5.41, 5.74) is 6.01. The van der Waals surface area contributed by atoms with E-state index in [1.807, 2.05) is 24.3 Å². The summed E-state index contributed by atoms with van der Waals surface area (Å²) in [6.07, 6.45) is 3.56. The van der Waals surface area contributed by atoms with Crippen LogP contribution in [0.15, 0.2) is 48.5 Å². The van der Waals surface area contributed by atoms with Crippen LogP contribution in [0.3, 0.4) is 0 Å². The second-order valence-corrected chi connectivity index (χ2v) is 6.91. The standard InChI is InChI=1S/C20H21ClN2O3/c21-17-6-2-1-5-16(17)20(11-3-4-12-20)19(25)23-14-7-9-15(10-8-14)26-13-18(22)24/h1-2,5-10H,3-4,11-13H2,(H2,22,24)(H,23,25). The third kappa shape index (κ3) is 3.83. The molecule has 0 atom stereocenters. The van der Waals surface area contributed by atoms with Crippen molar-refractivity contribution in [2.75, 3.05) is 11.9 Å². The zero-order valence-electron chi connectivity index (χ0n) is 14.3. The fraction of sp³-hybridized carbons (Fsp3) is 0.300. The topological polar surface area (TPSA) is 81.4 Å². The van der Waals surface area contributed by atoms with E-state index in [1.54, 1.807) is 24.3 Å².